The number of fused-ring (bicyclic) bond motifs is 2. The van der Waals surface area contributed by atoms with Crippen LogP contribution < -0.4 is 5.32 Å². The van der Waals surface area contributed by atoms with Gasteiger partial charge in [0.15, 0.2) is 0 Å². The van der Waals surface area contributed by atoms with Crippen LogP contribution in [0.4, 0.5) is 0 Å². The lowest BCUT2D eigenvalue weighted by Gasteiger charge is -2.45. The number of benzene rings is 1. The van der Waals surface area contributed by atoms with E-state index in [2.05, 4.69) is 29.6 Å². The van der Waals surface area contributed by atoms with Gasteiger partial charge in [-0.3, -0.25) is 0 Å². The normalized spacial score (nSPS) is 40.5. The lowest BCUT2D eigenvalue weighted by atomic mass is 9.69. The first-order valence-corrected chi connectivity index (χ1v) is 6.69. The van der Waals surface area contributed by atoms with Gasteiger partial charge in [-0.05, 0) is 50.1 Å². The van der Waals surface area contributed by atoms with Gasteiger partial charge < -0.3 is 10.4 Å². The van der Waals surface area contributed by atoms with Crippen LogP contribution in [0, 0.1) is 11.8 Å². The Kier molecular flexibility index (Phi) is 2.72. The summed E-state index contributed by atoms with van der Waals surface area (Å²) < 4.78 is 0. The number of rotatable bonds is 2. The minimum absolute atomic E-state index is 0.217. The predicted octanol–water partition coefficient (Wildman–Crippen LogP) is 2.28. The highest BCUT2D eigenvalue weighted by molar-refractivity contribution is 5.28. The minimum atomic E-state index is -0.242. The van der Waals surface area contributed by atoms with Crippen LogP contribution in [0.2, 0.25) is 0 Å². The Morgan fingerprint density at radius 1 is 1.24 bits per heavy atom. The third kappa shape index (κ3) is 1.62. The molecule has 0 aliphatic heterocycles. The van der Waals surface area contributed by atoms with Crippen LogP contribution in [0.3, 0.4) is 0 Å². The van der Waals surface area contributed by atoms with Gasteiger partial charge in [-0.25, -0.2) is 0 Å². The zero-order chi connectivity index (χ0) is 11.9. The topological polar surface area (TPSA) is 32.3 Å². The number of aliphatic hydroxyl groups excluding tert-OH is 1. The Labute approximate surface area is 103 Å². The monoisotopic (exact) mass is 231 g/mol. The van der Waals surface area contributed by atoms with E-state index in [0.29, 0.717) is 5.92 Å². The van der Waals surface area contributed by atoms with Crippen LogP contribution in [-0.2, 0) is 5.54 Å². The summed E-state index contributed by atoms with van der Waals surface area (Å²) in [6.07, 6.45) is 4.54. The fourth-order valence-electron chi connectivity index (χ4n) is 3.98. The maximum atomic E-state index is 10.7. The summed E-state index contributed by atoms with van der Waals surface area (Å²) >= 11 is 0. The molecule has 0 amide bonds. The molecule has 3 rings (SSSR count). The predicted molar refractivity (Wildman–Crippen MR) is 68.6 cm³/mol. The van der Waals surface area contributed by atoms with Gasteiger partial charge in [0.05, 0.1) is 11.6 Å². The van der Waals surface area contributed by atoms with Gasteiger partial charge in [0.2, 0.25) is 0 Å². The summed E-state index contributed by atoms with van der Waals surface area (Å²) in [7, 11) is 1.99. The molecular weight excluding hydrogens is 210 g/mol. The summed E-state index contributed by atoms with van der Waals surface area (Å²) in [5, 5.41) is 14.1. The highest BCUT2D eigenvalue weighted by Crippen LogP contribution is 2.50. The molecule has 2 aliphatic carbocycles. The van der Waals surface area contributed by atoms with Gasteiger partial charge in [-0.1, -0.05) is 30.3 Å². The van der Waals surface area contributed by atoms with Gasteiger partial charge in [0.25, 0.3) is 0 Å². The van der Waals surface area contributed by atoms with Crippen LogP contribution in [0.25, 0.3) is 0 Å². The molecule has 0 aromatic heterocycles. The van der Waals surface area contributed by atoms with Crippen molar-refractivity contribution in [3.05, 3.63) is 35.9 Å². The maximum absolute atomic E-state index is 10.7. The summed E-state index contributed by atoms with van der Waals surface area (Å²) in [4.78, 5) is 0. The largest absolute Gasteiger partial charge is 0.391 e. The molecule has 0 radical (unpaired) electrons. The smallest absolute Gasteiger partial charge is 0.0791 e. The average molecular weight is 231 g/mol. The lowest BCUT2D eigenvalue weighted by molar-refractivity contribution is -0.0172. The van der Waals surface area contributed by atoms with Crippen LogP contribution in [-0.4, -0.2) is 18.3 Å². The van der Waals surface area contributed by atoms with E-state index in [1.807, 2.05) is 13.1 Å². The van der Waals surface area contributed by atoms with Crippen molar-refractivity contribution in [1.82, 2.24) is 5.32 Å². The van der Waals surface area contributed by atoms with Crippen molar-refractivity contribution in [2.75, 3.05) is 7.05 Å². The van der Waals surface area contributed by atoms with Crippen LogP contribution in [0.15, 0.2) is 30.3 Å². The molecule has 2 bridgehead atoms. The second-order valence-corrected chi connectivity index (χ2v) is 5.68. The molecule has 2 aliphatic rings. The van der Waals surface area contributed by atoms with Crippen molar-refractivity contribution in [3.63, 3.8) is 0 Å². The number of aliphatic hydroxyl groups is 1. The summed E-state index contributed by atoms with van der Waals surface area (Å²) in [6, 6.07) is 10.5. The Balaban J connectivity index is 2.02. The van der Waals surface area contributed by atoms with E-state index >= 15 is 0 Å². The molecule has 92 valence electrons. The van der Waals surface area contributed by atoms with Crippen molar-refractivity contribution in [2.45, 2.75) is 37.3 Å². The molecule has 0 heterocycles. The SMILES string of the molecule is CNC1(c2ccccc2)CC2CCC(C2)C1O. The summed E-state index contributed by atoms with van der Waals surface area (Å²) in [5.74, 6) is 1.28. The highest BCUT2D eigenvalue weighted by atomic mass is 16.3. The second kappa shape index (κ2) is 4.11. The standard InChI is InChI=1S/C15H21NO/c1-16-15(13-5-3-2-4-6-13)10-11-7-8-12(9-11)14(15)17/h2-6,11-12,14,16-17H,7-10H2,1H3. The van der Waals surface area contributed by atoms with Gasteiger partial charge in [-0.2, -0.15) is 0 Å². The van der Waals surface area contributed by atoms with E-state index in [4.69, 9.17) is 0 Å². The maximum Gasteiger partial charge on any atom is 0.0791 e. The molecule has 0 saturated heterocycles. The van der Waals surface area contributed by atoms with Crippen molar-refractivity contribution < 1.29 is 5.11 Å². The molecule has 2 heteroatoms. The van der Waals surface area contributed by atoms with E-state index in [-0.39, 0.29) is 11.6 Å². The molecule has 1 aromatic rings. The van der Waals surface area contributed by atoms with E-state index in [1.54, 1.807) is 0 Å². The minimum Gasteiger partial charge on any atom is -0.391 e. The number of hydrogen-bond donors (Lipinski definition) is 2. The van der Waals surface area contributed by atoms with E-state index in [0.717, 1.165) is 12.3 Å². The number of hydrogen-bond acceptors (Lipinski definition) is 2. The van der Waals surface area contributed by atoms with Gasteiger partial charge in [0.1, 0.15) is 0 Å². The molecule has 2 saturated carbocycles. The molecule has 17 heavy (non-hydrogen) atoms. The van der Waals surface area contributed by atoms with Crippen molar-refractivity contribution >= 4 is 0 Å². The third-order valence-electron chi connectivity index (χ3n) is 4.88. The lowest BCUT2D eigenvalue weighted by Crippen LogP contribution is -2.55. The molecule has 1 aromatic carbocycles. The quantitative estimate of drug-likeness (QED) is 0.818. The van der Waals surface area contributed by atoms with Crippen molar-refractivity contribution in [3.8, 4) is 0 Å². The van der Waals surface area contributed by atoms with Crippen molar-refractivity contribution in [2.24, 2.45) is 11.8 Å². The van der Waals surface area contributed by atoms with E-state index < -0.39 is 0 Å². The Morgan fingerprint density at radius 3 is 2.71 bits per heavy atom. The average Bonchev–Trinajstić information content (AvgIpc) is 2.79. The van der Waals surface area contributed by atoms with E-state index in [1.165, 1.54) is 24.8 Å². The molecule has 2 N–H and O–H groups in total. The number of nitrogens with one attached hydrogen (secondary N) is 1. The number of likely N-dealkylation sites (N-methyl/N-ethyl adjacent to an activating group) is 1. The van der Waals surface area contributed by atoms with Gasteiger partial charge >= 0.3 is 0 Å². The summed E-state index contributed by atoms with van der Waals surface area (Å²) in [6.45, 7) is 0. The third-order valence-corrected chi connectivity index (χ3v) is 4.88. The molecule has 2 fully saturated rings. The van der Waals surface area contributed by atoms with Crippen LogP contribution >= 0.6 is 0 Å². The Bertz CT molecular complexity index is 391. The Hall–Kier alpha value is -0.860. The first-order valence-electron chi connectivity index (χ1n) is 6.69. The van der Waals surface area contributed by atoms with Crippen LogP contribution in [0.5, 0.6) is 0 Å². The Morgan fingerprint density at radius 2 is 2.00 bits per heavy atom. The van der Waals surface area contributed by atoms with E-state index in [9.17, 15) is 5.11 Å². The zero-order valence-corrected chi connectivity index (χ0v) is 10.4. The zero-order valence-electron chi connectivity index (χ0n) is 10.4. The first kappa shape index (κ1) is 11.2. The molecular formula is C15H21NO. The highest BCUT2D eigenvalue weighted by Gasteiger charge is 2.50. The van der Waals surface area contributed by atoms with Crippen LogP contribution in [0.1, 0.15) is 31.2 Å². The second-order valence-electron chi connectivity index (χ2n) is 5.68. The molecule has 4 atom stereocenters. The fourth-order valence-corrected chi connectivity index (χ4v) is 3.98. The fraction of sp³-hybridized carbons (Fsp3) is 0.600. The van der Waals surface area contributed by atoms with Gasteiger partial charge in [-0.15, -0.1) is 0 Å². The first-order chi connectivity index (χ1) is 8.26. The van der Waals surface area contributed by atoms with Gasteiger partial charge in [0, 0.05) is 0 Å². The molecule has 4 unspecified atom stereocenters. The van der Waals surface area contributed by atoms with Crippen molar-refractivity contribution in [1.29, 1.82) is 0 Å². The molecule has 0 spiro atoms. The molecule has 2 nitrogen and oxygen atoms in total. The summed E-state index contributed by atoms with van der Waals surface area (Å²) in [5.41, 5.74) is 1.03.